The molecule has 7 heteroatoms. The molecule has 2 heterocycles. The summed E-state index contributed by atoms with van der Waals surface area (Å²) in [5.41, 5.74) is 7.02. The molecule has 2 rings (SSSR count). The first-order valence-corrected chi connectivity index (χ1v) is 5.52. The molecule has 98 valence electrons. The van der Waals surface area contributed by atoms with E-state index in [1.54, 1.807) is 18.2 Å². The van der Waals surface area contributed by atoms with Gasteiger partial charge in [-0.05, 0) is 24.1 Å². The zero-order valence-corrected chi connectivity index (χ0v) is 9.61. The molecule has 0 bridgehead atoms. The van der Waals surface area contributed by atoms with Crippen LogP contribution in [0.1, 0.15) is 12.1 Å². The van der Waals surface area contributed by atoms with Crippen molar-refractivity contribution in [2.45, 2.75) is 12.6 Å². The van der Waals surface area contributed by atoms with Crippen LogP contribution in [0.4, 0.5) is 19.0 Å². The van der Waals surface area contributed by atoms with Crippen LogP contribution in [0.5, 0.6) is 0 Å². The Balaban J connectivity index is 2.00. The molecule has 4 nitrogen and oxygen atoms in total. The van der Waals surface area contributed by atoms with Gasteiger partial charge in [0, 0.05) is 13.1 Å². The smallest absolute Gasteiger partial charge is 0.382 e. The van der Waals surface area contributed by atoms with Crippen LogP contribution in [-0.4, -0.2) is 40.9 Å². The van der Waals surface area contributed by atoms with Crippen LogP contribution in [0.15, 0.2) is 18.2 Å². The van der Waals surface area contributed by atoms with Gasteiger partial charge in [-0.3, -0.25) is 4.90 Å². The van der Waals surface area contributed by atoms with Crippen LogP contribution in [0.3, 0.4) is 0 Å². The molecule has 0 spiro atoms. The Hall–Kier alpha value is -1.63. The van der Waals surface area contributed by atoms with Crippen LogP contribution in [-0.2, 0) is 0 Å². The topological polar surface area (TPSA) is 55.0 Å². The predicted octanol–water partition coefficient (Wildman–Crippen LogP) is 1.71. The van der Waals surface area contributed by atoms with E-state index in [4.69, 9.17) is 5.73 Å². The number of aromatic nitrogens is 2. The highest BCUT2D eigenvalue weighted by Crippen LogP contribution is 2.23. The number of hydrogen-bond donors (Lipinski definition) is 1. The Kier molecular flexibility index (Phi) is 3.51. The monoisotopic (exact) mass is 258 g/mol. The molecule has 0 unspecified atom stereocenters. The highest BCUT2D eigenvalue weighted by molar-refractivity contribution is 5.63. The van der Waals surface area contributed by atoms with Crippen molar-refractivity contribution in [1.29, 1.82) is 0 Å². The van der Waals surface area contributed by atoms with Gasteiger partial charge in [0.05, 0.1) is 12.2 Å². The second kappa shape index (κ2) is 4.93. The van der Waals surface area contributed by atoms with E-state index in [2.05, 4.69) is 10.2 Å². The molecule has 0 saturated heterocycles. The molecule has 0 saturated carbocycles. The Morgan fingerprint density at radius 2 is 2.06 bits per heavy atom. The van der Waals surface area contributed by atoms with E-state index < -0.39 is 12.7 Å². The first kappa shape index (κ1) is 12.8. The Morgan fingerprint density at radius 1 is 1.28 bits per heavy atom. The number of nitrogens with zero attached hydrogens (tertiary/aromatic N) is 3. The zero-order valence-electron chi connectivity index (χ0n) is 9.61. The predicted molar refractivity (Wildman–Crippen MR) is 61.5 cm³/mol. The van der Waals surface area contributed by atoms with Gasteiger partial charge in [-0.25, -0.2) is 0 Å². The zero-order chi connectivity index (χ0) is 13.2. The molecule has 0 fully saturated rings. The number of rotatable bonds is 2. The molecule has 1 aliphatic heterocycles. The average molecular weight is 258 g/mol. The largest absolute Gasteiger partial charge is 0.401 e. The number of halogens is 3. The lowest BCUT2D eigenvalue weighted by Crippen LogP contribution is -2.37. The van der Waals surface area contributed by atoms with Crippen LogP contribution in [0, 0.1) is 0 Å². The summed E-state index contributed by atoms with van der Waals surface area (Å²) in [6, 6.07) is 3.36. The summed E-state index contributed by atoms with van der Waals surface area (Å²) in [6.07, 6.45) is -1.85. The van der Waals surface area contributed by atoms with Gasteiger partial charge in [-0.15, -0.1) is 10.2 Å². The summed E-state index contributed by atoms with van der Waals surface area (Å²) in [5.74, 6) is 0.328. The standard InChI is InChI=1S/C11H13F3N4/c12-11(13,14)7-18-5-3-8(4-6-18)9-1-2-10(15)17-16-9/h1-3H,4-7H2,(H2,15,17). The summed E-state index contributed by atoms with van der Waals surface area (Å²) < 4.78 is 36.6. The van der Waals surface area contributed by atoms with E-state index in [1.807, 2.05) is 0 Å². The first-order valence-electron chi connectivity index (χ1n) is 5.52. The minimum Gasteiger partial charge on any atom is -0.382 e. The van der Waals surface area contributed by atoms with Crippen molar-refractivity contribution in [3.63, 3.8) is 0 Å². The minimum absolute atomic E-state index is 0.279. The van der Waals surface area contributed by atoms with E-state index in [1.165, 1.54) is 4.90 Å². The van der Waals surface area contributed by atoms with Crippen molar-refractivity contribution in [3.05, 3.63) is 23.9 Å². The summed E-state index contributed by atoms with van der Waals surface area (Å²) in [5, 5.41) is 7.64. The molecule has 0 radical (unpaired) electrons. The molecule has 0 aromatic carbocycles. The maximum absolute atomic E-state index is 12.2. The molecular weight excluding hydrogens is 245 g/mol. The molecule has 0 aliphatic carbocycles. The lowest BCUT2D eigenvalue weighted by molar-refractivity contribution is -0.144. The Morgan fingerprint density at radius 3 is 2.56 bits per heavy atom. The summed E-state index contributed by atoms with van der Waals surface area (Å²) in [7, 11) is 0. The molecule has 18 heavy (non-hydrogen) atoms. The van der Waals surface area contributed by atoms with Crippen molar-refractivity contribution < 1.29 is 13.2 Å². The molecular formula is C11H13F3N4. The molecule has 0 amide bonds. The van der Waals surface area contributed by atoms with Gasteiger partial charge in [-0.1, -0.05) is 6.08 Å². The van der Waals surface area contributed by atoms with Crippen molar-refractivity contribution in [2.75, 3.05) is 25.4 Å². The lowest BCUT2D eigenvalue weighted by Gasteiger charge is -2.26. The fourth-order valence-corrected chi connectivity index (χ4v) is 1.85. The number of alkyl halides is 3. The summed E-state index contributed by atoms with van der Waals surface area (Å²) >= 11 is 0. The SMILES string of the molecule is Nc1ccc(C2=CCN(CC(F)(F)F)CC2)nn1. The highest BCUT2D eigenvalue weighted by atomic mass is 19.4. The van der Waals surface area contributed by atoms with Gasteiger partial charge < -0.3 is 5.73 Å². The molecule has 1 aliphatic rings. The third-order valence-corrected chi connectivity index (χ3v) is 2.71. The van der Waals surface area contributed by atoms with Gasteiger partial charge in [-0.2, -0.15) is 13.2 Å². The quantitative estimate of drug-likeness (QED) is 0.877. The van der Waals surface area contributed by atoms with Crippen LogP contribution >= 0.6 is 0 Å². The second-order valence-corrected chi connectivity index (χ2v) is 4.17. The van der Waals surface area contributed by atoms with Gasteiger partial charge >= 0.3 is 6.18 Å². The number of nitrogens with two attached hydrogens (primary N) is 1. The van der Waals surface area contributed by atoms with Gasteiger partial charge in [0.15, 0.2) is 0 Å². The molecule has 1 aromatic rings. The van der Waals surface area contributed by atoms with Crippen molar-refractivity contribution in [3.8, 4) is 0 Å². The average Bonchev–Trinajstić information content (AvgIpc) is 2.29. The van der Waals surface area contributed by atoms with Gasteiger partial charge in [0.25, 0.3) is 0 Å². The number of nitrogen functional groups attached to an aromatic ring is 1. The first-order chi connectivity index (χ1) is 8.44. The maximum atomic E-state index is 12.2. The van der Waals surface area contributed by atoms with Crippen molar-refractivity contribution in [1.82, 2.24) is 15.1 Å². The molecule has 2 N–H and O–H groups in total. The Labute approximate surface area is 102 Å². The van der Waals surface area contributed by atoms with E-state index in [9.17, 15) is 13.2 Å². The van der Waals surface area contributed by atoms with Gasteiger partial charge in [0.1, 0.15) is 5.82 Å². The number of hydrogen-bond acceptors (Lipinski definition) is 4. The van der Waals surface area contributed by atoms with Crippen LogP contribution < -0.4 is 5.73 Å². The number of anilines is 1. The molecule has 0 atom stereocenters. The fourth-order valence-electron chi connectivity index (χ4n) is 1.85. The molecule has 1 aromatic heterocycles. The van der Waals surface area contributed by atoms with Crippen molar-refractivity contribution in [2.24, 2.45) is 0 Å². The van der Waals surface area contributed by atoms with Crippen LogP contribution in [0.2, 0.25) is 0 Å². The van der Waals surface area contributed by atoms with E-state index in [-0.39, 0.29) is 6.54 Å². The normalized spacial score (nSPS) is 17.6. The summed E-state index contributed by atoms with van der Waals surface area (Å²) in [6.45, 7) is -0.220. The third kappa shape index (κ3) is 3.43. The minimum atomic E-state index is -4.15. The van der Waals surface area contributed by atoms with Crippen molar-refractivity contribution >= 4 is 11.4 Å². The maximum Gasteiger partial charge on any atom is 0.401 e. The van der Waals surface area contributed by atoms with Gasteiger partial charge in [0.2, 0.25) is 0 Å². The van der Waals surface area contributed by atoms with E-state index >= 15 is 0 Å². The highest BCUT2D eigenvalue weighted by Gasteiger charge is 2.31. The van der Waals surface area contributed by atoms with E-state index in [0.29, 0.717) is 24.5 Å². The van der Waals surface area contributed by atoms with Crippen LogP contribution in [0.25, 0.3) is 5.57 Å². The fraction of sp³-hybridized carbons (Fsp3) is 0.455. The third-order valence-electron chi connectivity index (χ3n) is 2.71. The summed E-state index contributed by atoms with van der Waals surface area (Å²) in [4.78, 5) is 1.36. The Bertz CT molecular complexity index is 439. The lowest BCUT2D eigenvalue weighted by atomic mass is 10.0. The van der Waals surface area contributed by atoms with E-state index in [0.717, 1.165) is 5.57 Å². The second-order valence-electron chi connectivity index (χ2n) is 4.17.